The van der Waals surface area contributed by atoms with E-state index in [9.17, 15) is 22.4 Å². The number of methoxy groups -OCH3 is 1. The number of nitrogens with one attached hydrogen (secondary N) is 2. The lowest BCUT2D eigenvalue weighted by Gasteiger charge is -2.09. The number of aryl methyl sites for hydroxylation is 1. The molecule has 2 N–H and O–H groups in total. The number of carbonyl (C=O) groups is 1. The fraction of sp³-hybridized carbons (Fsp3) is 0.211. The molecule has 3 rings (SSSR count). The molecule has 0 saturated heterocycles. The summed E-state index contributed by atoms with van der Waals surface area (Å²) in [6.07, 6.45) is -3.17. The summed E-state index contributed by atoms with van der Waals surface area (Å²) in [5.41, 5.74) is 5.29. The molecular formula is C19H17F4N5O2. The molecule has 0 spiro atoms. The minimum atomic E-state index is -4.44. The number of rotatable bonds is 6. The smallest absolute Gasteiger partial charge is 0.416 e. The van der Waals surface area contributed by atoms with Gasteiger partial charge in [0.05, 0.1) is 30.3 Å². The second-order valence-corrected chi connectivity index (χ2v) is 6.10. The quantitative estimate of drug-likeness (QED) is 0.465. The molecular weight excluding hydrogens is 406 g/mol. The average Bonchev–Trinajstić information content (AvgIpc) is 3.16. The van der Waals surface area contributed by atoms with Crippen LogP contribution in [0.2, 0.25) is 0 Å². The van der Waals surface area contributed by atoms with Gasteiger partial charge in [0, 0.05) is 18.2 Å². The van der Waals surface area contributed by atoms with Crippen molar-refractivity contribution in [1.82, 2.24) is 20.2 Å². The van der Waals surface area contributed by atoms with E-state index in [0.717, 1.165) is 18.2 Å². The molecule has 1 amide bonds. The fourth-order valence-electron chi connectivity index (χ4n) is 2.65. The van der Waals surface area contributed by atoms with Gasteiger partial charge in [-0.15, -0.1) is 0 Å². The highest BCUT2D eigenvalue weighted by Crippen LogP contribution is 2.31. The van der Waals surface area contributed by atoms with Crippen molar-refractivity contribution >= 4 is 11.6 Å². The van der Waals surface area contributed by atoms with Crippen molar-refractivity contribution in [2.45, 2.75) is 19.6 Å². The molecule has 7 nitrogen and oxygen atoms in total. The Bertz CT molecular complexity index is 1050. The summed E-state index contributed by atoms with van der Waals surface area (Å²) in [7, 11) is 1.28. The lowest BCUT2D eigenvalue weighted by Crippen LogP contribution is -2.31. The van der Waals surface area contributed by atoms with Gasteiger partial charge in [-0.2, -0.15) is 18.3 Å². The average molecular weight is 423 g/mol. The Hall–Kier alpha value is -3.63. The zero-order valence-electron chi connectivity index (χ0n) is 15.9. The molecule has 3 aromatic rings. The predicted octanol–water partition coefficient (Wildman–Crippen LogP) is 3.89. The first kappa shape index (κ1) is 21.1. The number of pyridine rings is 1. The van der Waals surface area contributed by atoms with E-state index in [1.807, 2.05) is 0 Å². The molecule has 0 bridgehead atoms. The van der Waals surface area contributed by atoms with Crippen LogP contribution in [0.1, 0.15) is 23.0 Å². The second kappa shape index (κ2) is 8.39. The second-order valence-electron chi connectivity index (χ2n) is 6.10. The summed E-state index contributed by atoms with van der Waals surface area (Å²) in [5, 5.41) is 4.26. The maximum absolute atomic E-state index is 13.7. The van der Waals surface area contributed by atoms with Gasteiger partial charge in [-0.1, -0.05) is 12.1 Å². The van der Waals surface area contributed by atoms with Crippen LogP contribution in [0.3, 0.4) is 0 Å². The third kappa shape index (κ3) is 4.50. The normalized spacial score (nSPS) is 11.3. The Morgan fingerprint density at radius 2 is 1.90 bits per heavy atom. The van der Waals surface area contributed by atoms with Crippen LogP contribution in [0.15, 0.2) is 42.6 Å². The molecule has 158 valence electrons. The van der Waals surface area contributed by atoms with Gasteiger partial charge in [0.2, 0.25) is 5.88 Å². The minimum absolute atomic E-state index is 0.168. The topological polar surface area (TPSA) is 81.1 Å². The number of hydrogen-bond donors (Lipinski definition) is 2. The van der Waals surface area contributed by atoms with E-state index in [4.69, 9.17) is 4.74 Å². The van der Waals surface area contributed by atoms with Gasteiger partial charge in [-0.3, -0.25) is 20.3 Å². The Morgan fingerprint density at radius 1 is 1.20 bits per heavy atom. The molecule has 0 aliphatic rings. The number of benzene rings is 1. The number of ether oxygens (including phenoxy) is 1. The first-order valence-electron chi connectivity index (χ1n) is 8.74. The Morgan fingerprint density at radius 3 is 2.47 bits per heavy atom. The van der Waals surface area contributed by atoms with E-state index in [-0.39, 0.29) is 17.3 Å². The Kier molecular flexibility index (Phi) is 5.90. The monoisotopic (exact) mass is 423 g/mol. The maximum Gasteiger partial charge on any atom is 0.416 e. The Labute approximate surface area is 168 Å². The highest BCUT2D eigenvalue weighted by atomic mass is 19.4. The van der Waals surface area contributed by atoms with Crippen molar-refractivity contribution in [3.8, 4) is 17.1 Å². The molecule has 11 heteroatoms. The molecule has 0 unspecified atom stereocenters. The van der Waals surface area contributed by atoms with Crippen LogP contribution in [-0.4, -0.2) is 27.8 Å². The van der Waals surface area contributed by atoms with Crippen molar-refractivity contribution in [3.05, 3.63) is 59.7 Å². The minimum Gasteiger partial charge on any atom is -0.479 e. The lowest BCUT2D eigenvalue weighted by molar-refractivity contribution is -0.137. The van der Waals surface area contributed by atoms with E-state index in [2.05, 4.69) is 20.9 Å². The highest BCUT2D eigenvalue weighted by Gasteiger charge is 2.30. The number of aromatic nitrogens is 3. The fourth-order valence-corrected chi connectivity index (χ4v) is 2.65. The van der Waals surface area contributed by atoms with E-state index < -0.39 is 23.5 Å². The van der Waals surface area contributed by atoms with Gasteiger partial charge in [0.15, 0.2) is 5.82 Å². The number of hydrazine groups is 1. The number of hydrogen-bond acceptors (Lipinski definition) is 5. The number of alkyl halides is 3. The van der Waals surface area contributed by atoms with Gasteiger partial charge in [0.25, 0.3) is 5.91 Å². The zero-order valence-corrected chi connectivity index (χ0v) is 15.9. The van der Waals surface area contributed by atoms with Gasteiger partial charge in [-0.25, -0.2) is 9.37 Å². The Balaban J connectivity index is 1.77. The molecule has 2 aromatic heterocycles. The first-order valence-corrected chi connectivity index (χ1v) is 8.74. The summed E-state index contributed by atoms with van der Waals surface area (Å²) in [6, 6.07) is 7.03. The van der Waals surface area contributed by atoms with Crippen LogP contribution in [0.4, 0.5) is 23.2 Å². The van der Waals surface area contributed by atoms with Crippen molar-refractivity contribution in [2.75, 3.05) is 12.5 Å². The van der Waals surface area contributed by atoms with Crippen LogP contribution < -0.4 is 15.6 Å². The number of anilines is 1. The van der Waals surface area contributed by atoms with Crippen molar-refractivity contribution in [2.24, 2.45) is 0 Å². The van der Waals surface area contributed by atoms with Gasteiger partial charge >= 0.3 is 6.18 Å². The largest absolute Gasteiger partial charge is 0.479 e. The summed E-state index contributed by atoms with van der Waals surface area (Å²) in [5.74, 6) is -1.46. The molecule has 0 atom stereocenters. The van der Waals surface area contributed by atoms with Crippen molar-refractivity contribution in [1.29, 1.82) is 0 Å². The molecule has 0 fully saturated rings. The summed E-state index contributed by atoms with van der Waals surface area (Å²) in [6.45, 7) is 2.11. The predicted molar refractivity (Wildman–Crippen MR) is 100 cm³/mol. The third-order valence-corrected chi connectivity index (χ3v) is 4.14. The number of nitrogens with zero attached hydrogens (tertiary/aromatic N) is 3. The van der Waals surface area contributed by atoms with Crippen LogP contribution in [0, 0.1) is 5.82 Å². The number of amides is 1. The molecule has 0 saturated carbocycles. The van der Waals surface area contributed by atoms with Crippen LogP contribution in [0.5, 0.6) is 5.88 Å². The van der Waals surface area contributed by atoms with E-state index in [1.165, 1.54) is 36.2 Å². The van der Waals surface area contributed by atoms with Gasteiger partial charge in [0.1, 0.15) is 5.69 Å². The molecule has 0 aliphatic heterocycles. The molecule has 1 aromatic carbocycles. The van der Waals surface area contributed by atoms with Gasteiger partial charge in [-0.05, 0) is 25.1 Å². The number of carbonyl (C=O) groups excluding carboxylic acids is 1. The summed E-state index contributed by atoms with van der Waals surface area (Å²) < 4.78 is 58.0. The van der Waals surface area contributed by atoms with E-state index in [1.54, 1.807) is 6.92 Å². The van der Waals surface area contributed by atoms with E-state index >= 15 is 0 Å². The maximum atomic E-state index is 13.7. The molecule has 30 heavy (non-hydrogen) atoms. The summed E-state index contributed by atoms with van der Waals surface area (Å²) >= 11 is 0. The van der Waals surface area contributed by atoms with Crippen LogP contribution in [0.25, 0.3) is 11.3 Å². The lowest BCUT2D eigenvalue weighted by atomic mass is 10.1. The molecule has 2 heterocycles. The van der Waals surface area contributed by atoms with Crippen LogP contribution in [-0.2, 0) is 12.7 Å². The zero-order chi connectivity index (χ0) is 21.9. The van der Waals surface area contributed by atoms with Crippen LogP contribution >= 0.6 is 0 Å². The standard InChI is InChI=1S/C19H17F4N5O2/c1-3-28-16(17(29)26-25-13-8-14(20)18(30-2)24-10-13)9-15(27-28)11-4-6-12(7-5-11)19(21,22)23/h4-10,25H,3H2,1-2H3,(H,26,29). The first-order chi connectivity index (χ1) is 14.2. The molecule has 0 aliphatic carbocycles. The SMILES string of the molecule is CCn1nc(-c2ccc(C(F)(F)F)cc2)cc1C(=O)NNc1cnc(OC)c(F)c1. The highest BCUT2D eigenvalue weighted by molar-refractivity contribution is 5.94. The van der Waals surface area contributed by atoms with E-state index in [0.29, 0.717) is 17.8 Å². The number of halogens is 4. The third-order valence-electron chi connectivity index (χ3n) is 4.14. The summed E-state index contributed by atoms with van der Waals surface area (Å²) in [4.78, 5) is 16.3. The van der Waals surface area contributed by atoms with Crippen molar-refractivity contribution < 1.29 is 27.1 Å². The van der Waals surface area contributed by atoms with Crippen molar-refractivity contribution in [3.63, 3.8) is 0 Å². The van der Waals surface area contributed by atoms with Gasteiger partial charge < -0.3 is 4.74 Å². The molecule has 0 radical (unpaired) electrons.